The molecule has 0 amide bonds. The van der Waals surface area contributed by atoms with Crippen molar-refractivity contribution in [2.45, 2.75) is 0 Å². The highest BCUT2D eigenvalue weighted by molar-refractivity contribution is 6.99. The van der Waals surface area contributed by atoms with Gasteiger partial charge in [-0.1, -0.05) is 0 Å². The third kappa shape index (κ3) is 1.14. The Hall–Kier alpha value is -1.49. The summed E-state index contributed by atoms with van der Waals surface area (Å²) in [7, 11) is 0. The van der Waals surface area contributed by atoms with Crippen LogP contribution in [0, 0.1) is 0 Å². The van der Waals surface area contributed by atoms with Gasteiger partial charge in [-0.05, 0) is 12.1 Å². The Balaban J connectivity index is 2.51. The number of hydrogen-bond acceptors (Lipinski definition) is 5. The van der Waals surface area contributed by atoms with Crippen LogP contribution in [-0.2, 0) is 0 Å². The van der Waals surface area contributed by atoms with Gasteiger partial charge in [0, 0.05) is 18.0 Å². The Bertz CT molecular complexity index is 370. The molecule has 0 radical (unpaired) electrons. The predicted octanol–water partition coefficient (Wildman–Crippen LogP) is 1.18. The van der Waals surface area contributed by atoms with Crippen molar-refractivity contribution in [1.29, 1.82) is 0 Å². The summed E-state index contributed by atoms with van der Waals surface area (Å²) in [6.07, 6.45) is 3.42. The Morgan fingerprint density at radius 3 is 2.83 bits per heavy atom. The van der Waals surface area contributed by atoms with Gasteiger partial charge in [-0.3, -0.25) is 4.98 Å². The SMILES string of the molecule is Nc1nsnc1-c1cccnc1. The van der Waals surface area contributed by atoms with E-state index in [-0.39, 0.29) is 0 Å². The summed E-state index contributed by atoms with van der Waals surface area (Å²) in [5, 5.41) is 0. The number of anilines is 1. The first-order chi connectivity index (χ1) is 5.88. The predicted molar refractivity (Wildman–Crippen MR) is 47.6 cm³/mol. The normalized spacial score (nSPS) is 10.0. The quantitative estimate of drug-likeness (QED) is 0.712. The summed E-state index contributed by atoms with van der Waals surface area (Å²) in [6, 6.07) is 3.74. The minimum atomic E-state index is 0.466. The van der Waals surface area contributed by atoms with Gasteiger partial charge in [0.2, 0.25) is 0 Å². The molecule has 5 heteroatoms. The second-order valence-electron chi connectivity index (χ2n) is 2.24. The average Bonchev–Trinajstić information content (AvgIpc) is 2.53. The molecule has 4 nitrogen and oxygen atoms in total. The number of pyridine rings is 1. The van der Waals surface area contributed by atoms with E-state index in [2.05, 4.69) is 13.7 Å². The molecule has 0 aliphatic heterocycles. The third-order valence-electron chi connectivity index (χ3n) is 1.45. The van der Waals surface area contributed by atoms with E-state index in [1.54, 1.807) is 12.4 Å². The summed E-state index contributed by atoms with van der Waals surface area (Å²) in [5.41, 5.74) is 7.20. The zero-order valence-corrected chi connectivity index (χ0v) is 6.95. The van der Waals surface area contributed by atoms with E-state index in [1.165, 1.54) is 0 Å². The number of nitrogens with two attached hydrogens (primary N) is 1. The highest BCUT2D eigenvalue weighted by atomic mass is 32.1. The van der Waals surface area contributed by atoms with Gasteiger partial charge in [-0.15, -0.1) is 0 Å². The van der Waals surface area contributed by atoms with E-state index >= 15 is 0 Å². The monoisotopic (exact) mass is 178 g/mol. The van der Waals surface area contributed by atoms with Gasteiger partial charge < -0.3 is 5.73 Å². The molecular formula is C7H6N4S. The van der Waals surface area contributed by atoms with Crippen molar-refractivity contribution in [2.75, 3.05) is 5.73 Å². The van der Waals surface area contributed by atoms with Gasteiger partial charge in [0.15, 0.2) is 5.82 Å². The molecule has 0 aromatic carbocycles. The van der Waals surface area contributed by atoms with Gasteiger partial charge >= 0.3 is 0 Å². The fraction of sp³-hybridized carbons (Fsp3) is 0. The maximum Gasteiger partial charge on any atom is 0.165 e. The lowest BCUT2D eigenvalue weighted by molar-refractivity contribution is 1.32. The number of aromatic nitrogens is 3. The fourth-order valence-corrected chi connectivity index (χ4v) is 1.39. The van der Waals surface area contributed by atoms with Crippen molar-refractivity contribution in [2.24, 2.45) is 0 Å². The van der Waals surface area contributed by atoms with Crippen molar-refractivity contribution < 1.29 is 0 Å². The maximum atomic E-state index is 5.58. The molecule has 0 atom stereocenters. The molecule has 2 heterocycles. The molecule has 0 bridgehead atoms. The first kappa shape index (κ1) is 7.17. The van der Waals surface area contributed by atoms with Crippen LogP contribution < -0.4 is 5.73 Å². The first-order valence-corrected chi connectivity index (χ1v) is 4.09. The molecule has 2 aromatic heterocycles. The smallest absolute Gasteiger partial charge is 0.165 e. The summed E-state index contributed by atoms with van der Waals surface area (Å²) >= 11 is 1.11. The van der Waals surface area contributed by atoms with Crippen molar-refractivity contribution in [3.63, 3.8) is 0 Å². The third-order valence-corrected chi connectivity index (χ3v) is 1.99. The van der Waals surface area contributed by atoms with Crippen LogP contribution in [0.25, 0.3) is 11.3 Å². The first-order valence-electron chi connectivity index (χ1n) is 3.36. The lowest BCUT2D eigenvalue weighted by atomic mass is 10.2. The lowest BCUT2D eigenvalue weighted by Crippen LogP contribution is -1.88. The van der Waals surface area contributed by atoms with E-state index in [0.717, 1.165) is 17.3 Å². The molecule has 0 unspecified atom stereocenters. The molecule has 0 spiro atoms. The molecule has 0 saturated heterocycles. The summed E-state index contributed by atoms with van der Waals surface area (Å²) in [6.45, 7) is 0. The molecule has 0 aliphatic rings. The molecule has 60 valence electrons. The van der Waals surface area contributed by atoms with E-state index < -0.39 is 0 Å². The molecule has 0 aliphatic carbocycles. The topological polar surface area (TPSA) is 64.7 Å². The minimum absolute atomic E-state index is 0.466. The van der Waals surface area contributed by atoms with Crippen LogP contribution in [0.2, 0.25) is 0 Å². The van der Waals surface area contributed by atoms with Crippen molar-refractivity contribution in [1.82, 2.24) is 13.7 Å². The van der Waals surface area contributed by atoms with E-state index in [9.17, 15) is 0 Å². The molecule has 0 saturated carbocycles. The van der Waals surface area contributed by atoms with Crippen LogP contribution in [0.4, 0.5) is 5.82 Å². The second kappa shape index (κ2) is 2.86. The second-order valence-corrected chi connectivity index (χ2v) is 2.77. The Morgan fingerprint density at radius 2 is 2.25 bits per heavy atom. The van der Waals surface area contributed by atoms with Crippen molar-refractivity contribution >= 4 is 17.5 Å². The molecule has 2 rings (SSSR count). The molecule has 2 N–H and O–H groups in total. The summed E-state index contributed by atoms with van der Waals surface area (Å²) in [5.74, 6) is 0.466. The molecular weight excluding hydrogens is 172 g/mol. The fourth-order valence-electron chi connectivity index (χ4n) is 0.899. The zero-order valence-electron chi connectivity index (χ0n) is 6.14. The molecule has 2 aromatic rings. The van der Waals surface area contributed by atoms with E-state index in [4.69, 9.17) is 5.73 Å². The lowest BCUT2D eigenvalue weighted by Gasteiger charge is -1.93. The standard InChI is InChI=1S/C7H6N4S/c8-7-6(10-12-11-7)5-2-1-3-9-4-5/h1-4H,(H2,8,11). The van der Waals surface area contributed by atoms with Gasteiger partial charge in [0.1, 0.15) is 5.69 Å². The van der Waals surface area contributed by atoms with Crippen LogP contribution >= 0.6 is 11.7 Å². The van der Waals surface area contributed by atoms with E-state index in [1.807, 2.05) is 12.1 Å². The summed E-state index contributed by atoms with van der Waals surface area (Å²) < 4.78 is 7.93. The minimum Gasteiger partial charge on any atom is -0.381 e. The van der Waals surface area contributed by atoms with Gasteiger partial charge in [0.25, 0.3) is 0 Å². The Labute approximate surface area is 73.4 Å². The van der Waals surface area contributed by atoms with Gasteiger partial charge in [0.05, 0.1) is 11.7 Å². The molecule has 0 fully saturated rings. The largest absolute Gasteiger partial charge is 0.381 e. The molecule has 12 heavy (non-hydrogen) atoms. The Kier molecular flexibility index (Phi) is 1.71. The highest BCUT2D eigenvalue weighted by Crippen LogP contribution is 2.21. The number of hydrogen-bond donors (Lipinski definition) is 1. The summed E-state index contributed by atoms with van der Waals surface area (Å²) in [4.78, 5) is 3.96. The van der Waals surface area contributed by atoms with Crippen LogP contribution in [0.3, 0.4) is 0 Å². The van der Waals surface area contributed by atoms with Crippen LogP contribution in [-0.4, -0.2) is 13.7 Å². The number of nitrogens with zero attached hydrogens (tertiary/aromatic N) is 3. The van der Waals surface area contributed by atoms with Crippen molar-refractivity contribution in [3.05, 3.63) is 24.5 Å². The highest BCUT2D eigenvalue weighted by Gasteiger charge is 2.05. The maximum absolute atomic E-state index is 5.58. The van der Waals surface area contributed by atoms with Crippen molar-refractivity contribution in [3.8, 4) is 11.3 Å². The van der Waals surface area contributed by atoms with Gasteiger partial charge in [-0.25, -0.2) is 0 Å². The number of nitrogen functional groups attached to an aromatic ring is 1. The van der Waals surface area contributed by atoms with Crippen LogP contribution in [0.5, 0.6) is 0 Å². The van der Waals surface area contributed by atoms with E-state index in [0.29, 0.717) is 11.5 Å². The average molecular weight is 178 g/mol. The van der Waals surface area contributed by atoms with Crippen LogP contribution in [0.1, 0.15) is 0 Å². The Morgan fingerprint density at radius 1 is 1.33 bits per heavy atom. The van der Waals surface area contributed by atoms with Crippen LogP contribution in [0.15, 0.2) is 24.5 Å². The van der Waals surface area contributed by atoms with Gasteiger partial charge in [-0.2, -0.15) is 8.75 Å². The zero-order chi connectivity index (χ0) is 8.39. The number of rotatable bonds is 1.